The van der Waals surface area contributed by atoms with E-state index in [1.807, 2.05) is 106 Å². The molecule has 6 rings (SSSR count). The topological polar surface area (TPSA) is 174 Å². The van der Waals surface area contributed by atoms with Gasteiger partial charge in [0.25, 0.3) is 0 Å². The van der Waals surface area contributed by atoms with Gasteiger partial charge in [-0.3, -0.25) is 37.5 Å². The van der Waals surface area contributed by atoms with E-state index in [2.05, 4.69) is 16.0 Å². The predicted molar refractivity (Wildman–Crippen MR) is 240 cm³/mol. The van der Waals surface area contributed by atoms with Gasteiger partial charge in [-0.05, 0) is 60.8 Å². The Kier molecular flexibility index (Phi) is 17.3. The highest BCUT2D eigenvalue weighted by molar-refractivity contribution is 7.48. The van der Waals surface area contributed by atoms with Crippen LogP contribution in [0.25, 0.3) is 10.9 Å². The molecule has 63 heavy (non-hydrogen) atoms. The zero-order valence-electron chi connectivity index (χ0n) is 36.7. The summed E-state index contributed by atoms with van der Waals surface area (Å²) in [5.41, 5.74) is 2.96. The van der Waals surface area contributed by atoms with Crippen molar-refractivity contribution in [3.8, 4) is 0 Å². The third-order valence-corrected chi connectivity index (χ3v) is 13.4. The first kappa shape index (κ1) is 47.3. The number of piperidine rings is 1. The number of hydrogen-bond donors (Lipinski definition) is 3. The van der Waals surface area contributed by atoms with Crippen molar-refractivity contribution >= 4 is 48.1 Å². The van der Waals surface area contributed by atoms with Crippen LogP contribution in [0.3, 0.4) is 0 Å². The number of phosphoric ester groups is 1. The van der Waals surface area contributed by atoms with E-state index in [-0.39, 0.29) is 50.4 Å². The molecule has 4 amide bonds. The number of para-hydroxylation sites is 1. The molecule has 1 unspecified atom stereocenters. The lowest BCUT2D eigenvalue weighted by atomic mass is 9.93. The third kappa shape index (κ3) is 13.0. The molecule has 14 nitrogen and oxygen atoms in total. The second-order valence-electron chi connectivity index (χ2n) is 16.6. The van der Waals surface area contributed by atoms with Crippen molar-refractivity contribution in [2.45, 2.75) is 136 Å². The first-order valence-electron chi connectivity index (χ1n) is 22.4. The Morgan fingerprint density at radius 3 is 2.06 bits per heavy atom. The first-order valence-corrected chi connectivity index (χ1v) is 23.9. The fourth-order valence-electron chi connectivity index (χ4n) is 8.14. The number of unbranched alkanes of at least 4 members (excludes halogenated alkanes) is 2. The van der Waals surface area contributed by atoms with E-state index >= 15 is 0 Å². The van der Waals surface area contributed by atoms with E-state index in [9.17, 15) is 28.5 Å². The molecule has 2 saturated heterocycles. The summed E-state index contributed by atoms with van der Waals surface area (Å²) in [5.74, 6) is -1.84. The fraction of sp³-hybridized carbons (Fsp3) is 0.479. The maximum absolute atomic E-state index is 14.5. The summed E-state index contributed by atoms with van der Waals surface area (Å²) in [6.07, 6.45) is 7.46. The number of phosphoric acid groups is 1. The number of fused-ring (bicyclic) bond motifs is 2. The van der Waals surface area contributed by atoms with Gasteiger partial charge in [-0.25, -0.2) is 4.57 Å². The van der Waals surface area contributed by atoms with Crippen LogP contribution in [0.2, 0.25) is 0 Å². The van der Waals surface area contributed by atoms with Crippen molar-refractivity contribution in [2.75, 3.05) is 6.54 Å². The van der Waals surface area contributed by atoms with E-state index in [0.717, 1.165) is 29.4 Å². The molecule has 2 fully saturated rings. The molecule has 15 heteroatoms. The number of carbonyl (C=O) groups excluding carboxylic acids is 5. The summed E-state index contributed by atoms with van der Waals surface area (Å²) >= 11 is 0. The molecule has 5 atom stereocenters. The van der Waals surface area contributed by atoms with Crippen LogP contribution in [-0.4, -0.2) is 69.6 Å². The Labute approximate surface area is 370 Å². The van der Waals surface area contributed by atoms with Gasteiger partial charge in [-0.1, -0.05) is 119 Å². The van der Waals surface area contributed by atoms with E-state index in [4.69, 9.17) is 13.6 Å². The zero-order chi connectivity index (χ0) is 44.8. The van der Waals surface area contributed by atoms with Gasteiger partial charge < -0.3 is 25.4 Å². The summed E-state index contributed by atoms with van der Waals surface area (Å²) in [6.45, 7) is 5.78. The van der Waals surface area contributed by atoms with Crippen LogP contribution in [0.4, 0.5) is 0 Å². The van der Waals surface area contributed by atoms with E-state index < -0.39 is 49.7 Å². The zero-order valence-corrected chi connectivity index (χ0v) is 37.6. The minimum Gasteiger partial charge on any atom is -0.343 e. The lowest BCUT2D eigenvalue weighted by Gasteiger charge is -2.39. The predicted octanol–water partition coefficient (Wildman–Crippen LogP) is 7.52. The number of hydrogen-bond acceptors (Lipinski definition) is 9. The number of ketones is 1. The summed E-state index contributed by atoms with van der Waals surface area (Å²) in [5, 5.41) is 9.70. The number of rotatable bonds is 20. The Balaban J connectivity index is 1.28. The van der Waals surface area contributed by atoms with Crippen molar-refractivity contribution in [1.82, 2.24) is 25.4 Å². The van der Waals surface area contributed by atoms with Gasteiger partial charge in [0.1, 0.15) is 36.7 Å². The molecule has 3 heterocycles. The second-order valence-corrected chi connectivity index (χ2v) is 18.3. The standard InChI is InChI=1S/C48H62N5O9P/c1-4-34(3)44-48(58)53-28-18-17-27-43(53)47(57)49-40(25-14-8-13-23-38(54)5-2)45(55)50-41(46(56)51-44)29-37-30-52(42-26-16-15-24-39(37)42)33-62-63(59,60-31-35-19-9-6-10-20-35)61-32-36-21-11-7-12-22-36/h6-7,9-12,15-16,19-22,24,26,30,34,40-41,43-44H,4-5,8,13-14,17-18,23,25,27-29,31-33H2,1-3H3,(H,49,57)(H,50,55)(H,51,56)/t34?,40-,41-,43+,44-/m0/s1. The lowest BCUT2D eigenvalue weighted by molar-refractivity contribution is -0.147. The van der Waals surface area contributed by atoms with Crippen LogP contribution in [0.5, 0.6) is 0 Å². The monoisotopic (exact) mass is 883 g/mol. The molecule has 2 aliphatic rings. The van der Waals surface area contributed by atoms with Gasteiger partial charge in [-0.15, -0.1) is 0 Å². The number of carbonyl (C=O) groups is 5. The van der Waals surface area contributed by atoms with Gasteiger partial charge in [-0.2, -0.15) is 0 Å². The molecule has 0 saturated carbocycles. The maximum atomic E-state index is 14.5. The Morgan fingerprint density at radius 2 is 1.40 bits per heavy atom. The molecule has 0 radical (unpaired) electrons. The smallest absolute Gasteiger partial charge is 0.343 e. The molecular weight excluding hydrogens is 822 g/mol. The molecular formula is C48H62N5O9P. The highest BCUT2D eigenvalue weighted by Gasteiger charge is 2.41. The molecule has 4 aromatic rings. The summed E-state index contributed by atoms with van der Waals surface area (Å²) in [6, 6.07) is 22.2. The second kappa shape index (κ2) is 23.0. The van der Waals surface area contributed by atoms with Crippen LogP contribution >= 0.6 is 7.82 Å². The van der Waals surface area contributed by atoms with Gasteiger partial charge in [0.15, 0.2) is 0 Å². The van der Waals surface area contributed by atoms with Gasteiger partial charge >= 0.3 is 7.82 Å². The SMILES string of the molecule is CCC(=O)CCCCC[C@@H]1NC(=O)[C@H]2CCCCN2C(=O)[C@H](C(C)CC)NC(=O)[C@H](Cc2cn(COP(=O)(OCc3ccccc3)OCc3ccccc3)c3ccccc23)NC1=O. The number of Topliss-reactive ketones (excluding diaryl/α,β-unsaturated/α-hetero) is 1. The first-order chi connectivity index (χ1) is 30.5. The highest BCUT2D eigenvalue weighted by Crippen LogP contribution is 2.51. The molecule has 3 aromatic carbocycles. The quantitative estimate of drug-likeness (QED) is 0.0599. The maximum Gasteiger partial charge on any atom is 0.477 e. The highest BCUT2D eigenvalue weighted by atomic mass is 31.2. The summed E-state index contributed by atoms with van der Waals surface area (Å²) in [7, 11) is -4.16. The number of amides is 4. The molecule has 0 spiro atoms. The number of nitrogens with one attached hydrogen (secondary N) is 3. The fourth-order valence-corrected chi connectivity index (χ4v) is 9.24. The number of nitrogens with zero attached hydrogens (tertiary/aromatic N) is 2. The molecule has 0 aliphatic carbocycles. The van der Waals surface area contributed by atoms with Gasteiger partial charge in [0, 0.05) is 37.4 Å². The van der Waals surface area contributed by atoms with E-state index in [0.29, 0.717) is 62.6 Å². The normalized spacial score (nSPS) is 20.5. The van der Waals surface area contributed by atoms with Gasteiger partial charge in [0.05, 0.1) is 18.7 Å². The van der Waals surface area contributed by atoms with E-state index in [1.165, 1.54) is 0 Å². The van der Waals surface area contributed by atoms with Gasteiger partial charge in [0.2, 0.25) is 23.6 Å². The molecule has 338 valence electrons. The van der Waals surface area contributed by atoms with Crippen molar-refractivity contribution in [3.63, 3.8) is 0 Å². The van der Waals surface area contributed by atoms with Crippen LogP contribution in [0, 0.1) is 5.92 Å². The average Bonchev–Trinajstić information content (AvgIpc) is 3.67. The summed E-state index contributed by atoms with van der Waals surface area (Å²) in [4.78, 5) is 70.7. The Hall–Kier alpha value is -5.14. The lowest BCUT2D eigenvalue weighted by Crippen LogP contribution is -2.64. The van der Waals surface area contributed by atoms with Crippen LogP contribution < -0.4 is 16.0 Å². The largest absolute Gasteiger partial charge is 0.477 e. The Bertz CT molecular complexity index is 2170. The summed E-state index contributed by atoms with van der Waals surface area (Å²) < 4.78 is 33.8. The molecule has 0 bridgehead atoms. The third-order valence-electron chi connectivity index (χ3n) is 12.1. The minimum atomic E-state index is -4.16. The van der Waals surface area contributed by atoms with E-state index in [1.54, 1.807) is 15.7 Å². The number of benzene rings is 3. The Morgan fingerprint density at radius 1 is 0.762 bits per heavy atom. The molecule has 1 aromatic heterocycles. The van der Waals surface area contributed by atoms with Crippen molar-refractivity contribution in [3.05, 3.63) is 108 Å². The average molecular weight is 884 g/mol. The number of aromatic nitrogens is 1. The molecule has 3 N–H and O–H groups in total. The van der Waals surface area contributed by atoms with Crippen LogP contribution in [0.1, 0.15) is 102 Å². The van der Waals surface area contributed by atoms with Crippen LogP contribution in [-0.2, 0) is 68.5 Å². The van der Waals surface area contributed by atoms with Crippen LogP contribution in [0.15, 0.2) is 91.1 Å². The van der Waals surface area contributed by atoms with Crippen molar-refractivity contribution < 1.29 is 42.1 Å². The minimum absolute atomic E-state index is 0.0143. The molecule has 2 aliphatic heterocycles. The van der Waals surface area contributed by atoms with Crippen molar-refractivity contribution in [1.29, 1.82) is 0 Å². The van der Waals surface area contributed by atoms with Crippen molar-refractivity contribution in [2.24, 2.45) is 5.92 Å².